The van der Waals surface area contributed by atoms with Crippen molar-refractivity contribution < 1.29 is 24.1 Å². The summed E-state index contributed by atoms with van der Waals surface area (Å²) in [6, 6.07) is 0. The molecule has 12 nitrogen and oxygen atoms in total. The maximum absolute atomic E-state index is 12.2. The summed E-state index contributed by atoms with van der Waals surface area (Å²) in [6.07, 6.45) is -2.39. The van der Waals surface area contributed by atoms with Crippen LogP contribution in [0.1, 0.15) is 27.2 Å². The van der Waals surface area contributed by atoms with E-state index in [2.05, 4.69) is 10.3 Å². The van der Waals surface area contributed by atoms with Crippen LogP contribution < -0.4 is 22.5 Å². The minimum atomic E-state index is -0.814. The molecule has 2 aliphatic rings. The number of nitrogens with zero attached hydrogens (tertiary/aromatic N) is 2. The molecular formula is C17H33N7O5. The lowest BCUT2D eigenvalue weighted by Crippen LogP contribution is -2.46. The highest BCUT2D eigenvalue weighted by Gasteiger charge is 2.55. The highest BCUT2D eigenvalue weighted by atomic mass is 16.8. The lowest BCUT2D eigenvalue weighted by atomic mass is 10.0. The van der Waals surface area contributed by atoms with E-state index in [0.29, 0.717) is 6.54 Å². The van der Waals surface area contributed by atoms with Gasteiger partial charge in [0.2, 0.25) is 5.91 Å². The number of aliphatic hydroxyl groups is 1. The minimum Gasteiger partial charge on any atom is -0.392 e. The van der Waals surface area contributed by atoms with Crippen LogP contribution in [0, 0.1) is 5.41 Å². The van der Waals surface area contributed by atoms with E-state index in [9.17, 15) is 9.90 Å². The number of hydrogen-bond acceptors (Lipinski definition) is 7. The van der Waals surface area contributed by atoms with Gasteiger partial charge < -0.3 is 46.7 Å². The highest BCUT2D eigenvalue weighted by molar-refractivity contribution is 5.77. The number of carbonyl (C=O) groups excluding carboxylic acids is 1. The Labute approximate surface area is 170 Å². The Bertz CT molecular complexity index is 623. The molecule has 0 aromatic rings. The number of fused-ring (bicyclic) bond motifs is 1. The van der Waals surface area contributed by atoms with Crippen molar-refractivity contribution in [2.75, 3.05) is 26.2 Å². The van der Waals surface area contributed by atoms with Gasteiger partial charge in [-0.3, -0.25) is 15.2 Å². The average molecular weight is 415 g/mol. The van der Waals surface area contributed by atoms with Crippen LogP contribution in [0.2, 0.25) is 0 Å². The number of ether oxygens (including phenoxy) is 3. The molecule has 2 aliphatic heterocycles. The van der Waals surface area contributed by atoms with Gasteiger partial charge in [0.25, 0.3) is 0 Å². The lowest BCUT2D eigenvalue weighted by molar-refractivity contribution is -0.188. The van der Waals surface area contributed by atoms with Crippen LogP contribution in [0.25, 0.3) is 0 Å². The second kappa shape index (κ2) is 9.57. The number of amides is 1. The lowest BCUT2D eigenvalue weighted by Gasteiger charge is -2.28. The third-order valence-corrected chi connectivity index (χ3v) is 4.63. The van der Waals surface area contributed by atoms with Gasteiger partial charge in [-0.15, -0.1) is 0 Å². The van der Waals surface area contributed by atoms with Crippen LogP contribution in [-0.4, -0.2) is 90.3 Å². The predicted molar refractivity (Wildman–Crippen MR) is 106 cm³/mol. The largest absolute Gasteiger partial charge is 0.392 e. The first-order chi connectivity index (χ1) is 13.5. The van der Waals surface area contributed by atoms with Crippen LogP contribution in [-0.2, 0) is 19.0 Å². The number of aliphatic imine (C=N–C) groups is 1. The van der Waals surface area contributed by atoms with E-state index in [1.165, 1.54) is 0 Å². The van der Waals surface area contributed by atoms with Crippen molar-refractivity contribution in [1.29, 1.82) is 5.41 Å². The number of aliphatic hydroxyl groups excluding tert-OH is 1. The Hall–Kier alpha value is -2.15. The smallest absolute Gasteiger partial charge is 0.222 e. The van der Waals surface area contributed by atoms with Gasteiger partial charge in [-0.05, 0) is 20.8 Å². The first-order valence-electron chi connectivity index (χ1n) is 9.58. The number of guanidine groups is 2. The van der Waals surface area contributed by atoms with Crippen LogP contribution >= 0.6 is 0 Å². The minimum absolute atomic E-state index is 0.0387. The summed E-state index contributed by atoms with van der Waals surface area (Å²) < 4.78 is 18.0. The number of nitrogens with one attached hydrogen (secondary N) is 2. The Morgan fingerprint density at radius 2 is 1.90 bits per heavy atom. The van der Waals surface area contributed by atoms with Gasteiger partial charge in [0.15, 0.2) is 17.7 Å². The van der Waals surface area contributed by atoms with E-state index in [1.807, 2.05) is 0 Å². The quantitative estimate of drug-likeness (QED) is 0.176. The molecule has 9 N–H and O–H groups in total. The fourth-order valence-corrected chi connectivity index (χ4v) is 3.43. The summed E-state index contributed by atoms with van der Waals surface area (Å²) in [5.74, 6) is -1.25. The molecule has 5 atom stereocenters. The number of hydrogen-bond donors (Lipinski definition) is 6. The maximum Gasteiger partial charge on any atom is 0.222 e. The molecular weight excluding hydrogens is 382 g/mol. The Kier molecular flexibility index (Phi) is 7.63. The second-order valence-electron chi connectivity index (χ2n) is 7.77. The number of carbonyl (C=O) groups is 1. The summed E-state index contributed by atoms with van der Waals surface area (Å²) in [5, 5.41) is 19.8. The Morgan fingerprint density at radius 3 is 2.45 bits per heavy atom. The molecule has 12 heteroatoms. The zero-order valence-electron chi connectivity index (χ0n) is 17.1. The summed E-state index contributed by atoms with van der Waals surface area (Å²) in [4.78, 5) is 17.7. The van der Waals surface area contributed by atoms with E-state index in [1.54, 1.807) is 25.7 Å². The third-order valence-electron chi connectivity index (χ3n) is 4.63. The zero-order valence-corrected chi connectivity index (χ0v) is 17.1. The van der Waals surface area contributed by atoms with E-state index < -0.39 is 36.3 Å². The van der Waals surface area contributed by atoms with Crippen molar-refractivity contribution in [3.63, 3.8) is 0 Å². The van der Waals surface area contributed by atoms with Crippen molar-refractivity contribution in [3.05, 3.63) is 0 Å². The monoisotopic (exact) mass is 415 g/mol. The molecule has 166 valence electrons. The van der Waals surface area contributed by atoms with E-state index >= 15 is 0 Å². The van der Waals surface area contributed by atoms with E-state index in [-0.39, 0.29) is 43.9 Å². The summed E-state index contributed by atoms with van der Waals surface area (Å²) in [5.41, 5.74) is 16.4. The molecule has 0 radical (unpaired) electrons. The molecule has 0 aromatic carbocycles. The topological polar surface area (TPSA) is 195 Å². The Morgan fingerprint density at radius 1 is 1.28 bits per heavy atom. The second-order valence-corrected chi connectivity index (χ2v) is 7.77. The molecule has 0 spiro atoms. The predicted octanol–water partition coefficient (Wildman–Crippen LogP) is -2.37. The van der Waals surface area contributed by atoms with Crippen LogP contribution in [0.15, 0.2) is 4.99 Å². The van der Waals surface area contributed by atoms with Gasteiger partial charge in [-0.25, -0.2) is 0 Å². The van der Waals surface area contributed by atoms with Crippen molar-refractivity contribution in [2.24, 2.45) is 22.2 Å². The normalized spacial score (nSPS) is 28.4. The molecule has 2 fully saturated rings. The molecule has 2 saturated heterocycles. The molecule has 2 rings (SSSR count). The van der Waals surface area contributed by atoms with Crippen LogP contribution in [0.4, 0.5) is 0 Å². The van der Waals surface area contributed by atoms with Crippen molar-refractivity contribution in [1.82, 2.24) is 10.2 Å². The van der Waals surface area contributed by atoms with Gasteiger partial charge in [0, 0.05) is 19.6 Å². The van der Waals surface area contributed by atoms with E-state index in [0.717, 1.165) is 0 Å². The summed E-state index contributed by atoms with van der Waals surface area (Å²) >= 11 is 0. The molecule has 0 bridgehead atoms. The van der Waals surface area contributed by atoms with Gasteiger partial charge in [-0.2, -0.15) is 0 Å². The molecule has 0 aliphatic carbocycles. The SMILES string of the molecule is C[C@@H](O)CNC(=O)C[C@H]1O[C@@H](CN(CCN=C(N)N)C(=N)N)[C@H]2OC(C)(C)O[C@H]21. The first kappa shape index (κ1) is 23.1. The van der Waals surface area contributed by atoms with Crippen LogP contribution in [0.5, 0.6) is 0 Å². The van der Waals surface area contributed by atoms with Gasteiger partial charge in [0.1, 0.15) is 18.3 Å². The number of rotatable bonds is 9. The molecule has 29 heavy (non-hydrogen) atoms. The standard InChI is InChI=1S/C17H33N7O5/c1-9(25)7-23-12(26)6-10-13-14(29-17(2,3)28-13)11(27-10)8-24(16(20)21)5-4-22-15(18)19/h9-11,13-14,25H,4-8H2,1-3H3,(H3,20,21)(H,23,26)(H4,18,19,22)/t9-,10-,11+,13+,14-/m1/s1. The molecule has 1 amide bonds. The molecule has 0 aromatic heterocycles. The maximum atomic E-state index is 12.2. The third kappa shape index (κ3) is 6.70. The van der Waals surface area contributed by atoms with Gasteiger partial charge in [0.05, 0.1) is 25.2 Å². The first-order valence-corrected chi connectivity index (χ1v) is 9.58. The van der Waals surface area contributed by atoms with Crippen molar-refractivity contribution in [2.45, 2.75) is 63.5 Å². The summed E-state index contributed by atoms with van der Waals surface area (Å²) in [6.45, 7) is 6.22. The molecule has 0 unspecified atom stereocenters. The molecule has 2 heterocycles. The van der Waals surface area contributed by atoms with Gasteiger partial charge >= 0.3 is 0 Å². The average Bonchev–Trinajstić information content (AvgIpc) is 3.06. The zero-order chi connectivity index (χ0) is 21.8. The van der Waals surface area contributed by atoms with E-state index in [4.69, 9.17) is 36.8 Å². The summed E-state index contributed by atoms with van der Waals surface area (Å²) in [7, 11) is 0. The molecule has 0 saturated carbocycles. The fraction of sp³-hybridized carbons (Fsp3) is 0.824. The van der Waals surface area contributed by atoms with Crippen molar-refractivity contribution in [3.8, 4) is 0 Å². The van der Waals surface area contributed by atoms with Gasteiger partial charge in [-0.1, -0.05) is 0 Å². The fourth-order valence-electron chi connectivity index (χ4n) is 3.43. The van der Waals surface area contributed by atoms with Crippen LogP contribution in [0.3, 0.4) is 0 Å². The Balaban J connectivity index is 2.04. The highest BCUT2D eigenvalue weighted by Crippen LogP contribution is 2.39. The number of nitrogens with two attached hydrogens (primary N) is 3. The van der Waals surface area contributed by atoms with Crippen molar-refractivity contribution >= 4 is 17.8 Å².